The number of nitrogens with zero attached hydrogens (tertiary/aromatic N) is 1. The molecule has 0 radical (unpaired) electrons. The fourth-order valence-electron chi connectivity index (χ4n) is 3.42. The molecule has 0 aromatic heterocycles. The summed E-state index contributed by atoms with van der Waals surface area (Å²) in [5.74, 6) is -1.64. The van der Waals surface area contributed by atoms with E-state index in [-0.39, 0.29) is 16.6 Å². The molecule has 1 aliphatic rings. The van der Waals surface area contributed by atoms with Crippen LogP contribution in [-0.2, 0) is 20.5 Å². The third-order valence-electron chi connectivity index (χ3n) is 5.17. The highest BCUT2D eigenvalue weighted by atomic mass is 35.5. The van der Waals surface area contributed by atoms with E-state index >= 15 is 0 Å². The zero-order valence-electron chi connectivity index (χ0n) is 17.3. The summed E-state index contributed by atoms with van der Waals surface area (Å²) in [4.78, 5) is 24.7. The minimum atomic E-state index is -4.54. The molecule has 1 fully saturated rings. The number of nitriles is 1. The maximum Gasteiger partial charge on any atom is 0.416 e. The number of halogens is 4. The molecule has 31 heavy (non-hydrogen) atoms. The van der Waals surface area contributed by atoms with Gasteiger partial charge in [0.25, 0.3) is 5.91 Å². The second-order valence-electron chi connectivity index (χ2n) is 7.97. The van der Waals surface area contributed by atoms with Crippen LogP contribution in [0.2, 0.25) is 5.02 Å². The van der Waals surface area contributed by atoms with E-state index in [2.05, 4.69) is 16.7 Å². The van der Waals surface area contributed by atoms with E-state index in [1.54, 1.807) is 13.8 Å². The van der Waals surface area contributed by atoms with Gasteiger partial charge in [-0.15, -0.1) is 0 Å². The number of carbonyl (C=O) groups is 2. The zero-order valence-corrected chi connectivity index (χ0v) is 18.1. The number of esters is 1. The molecule has 0 aliphatic heterocycles. The molecule has 0 saturated heterocycles. The van der Waals surface area contributed by atoms with Gasteiger partial charge in [0.05, 0.1) is 22.3 Å². The van der Waals surface area contributed by atoms with Gasteiger partial charge >= 0.3 is 12.1 Å². The largest absolute Gasteiger partial charge is 0.454 e. The van der Waals surface area contributed by atoms with Crippen LogP contribution in [0.4, 0.5) is 18.9 Å². The number of alkyl halides is 3. The van der Waals surface area contributed by atoms with Crippen LogP contribution in [0.1, 0.15) is 51.5 Å². The van der Waals surface area contributed by atoms with E-state index in [9.17, 15) is 28.0 Å². The minimum Gasteiger partial charge on any atom is -0.454 e. The molecule has 1 aromatic rings. The third kappa shape index (κ3) is 6.76. The summed E-state index contributed by atoms with van der Waals surface area (Å²) in [5, 5.41) is 14.7. The van der Waals surface area contributed by atoms with E-state index in [4.69, 9.17) is 16.3 Å². The Balaban J connectivity index is 1.99. The molecule has 1 aromatic carbocycles. The Morgan fingerprint density at radius 3 is 2.42 bits per heavy atom. The molecule has 1 saturated carbocycles. The van der Waals surface area contributed by atoms with Crippen LogP contribution in [-0.4, -0.2) is 30.1 Å². The predicted octanol–water partition coefficient (Wildman–Crippen LogP) is 4.68. The molecule has 0 unspecified atom stereocenters. The smallest absolute Gasteiger partial charge is 0.416 e. The van der Waals surface area contributed by atoms with Crippen molar-refractivity contribution in [2.24, 2.45) is 5.92 Å². The number of benzene rings is 1. The Bertz CT molecular complexity index is 846. The van der Waals surface area contributed by atoms with Crippen LogP contribution in [0.25, 0.3) is 0 Å². The van der Waals surface area contributed by atoms with Gasteiger partial charge in [-0.25, -0.2) is 4.79 Å². The molecule has 10 heteroatoms. The molecular formula is C21H25ClF3N3O3. The van der Waals surface area contributed by atoms with Gasteiger partial charge in [0.15, 0.2) is 6.61 Å². The van der Waals surface area contributed by atoms with Crippen LogP contribution >= 0.6 is 11.6 Å². The molecule has 1 aliphatic carbocycles. The summed E-state index contributed by atoms with van der Waals surface area (Å²) < 4.78 is 43.5. The normalized spacial score (nSPS) is 16.8. The number of anilines is 1. The van der Waals surface area contributed by atoms with Gasteiger partial charge in [0.1, 0.15) is 11.6 Å². The summed E-state index contributed by atoms with van der Waals surface area (Å²) in [6, 6.07) is 3.97. The van der Waals surface area contributed by atoms with Gasteiger partial charge in [-0.05, 0) is 37.0 Å². The number of hydrogen-bond donors (Lipinski definition) is 2. The maximum absolute atomic E-state index is 12.8. The number of carbonyl (C=O) groups excluding carboxylic acids is 2. The van der Waals surface area contributed by atoms with Crippen molar-refractivity contribution in [1.82, 2.24) is 5.32 Å². The average molecular weight is 460 g/mol. The van der Waals surface area contributed by atoms with Crippen LogP contribution in [0, 0.1) is 17.2 Å². The molecule has 2 rings (SSSR count). The Labute approximate surface area is 184 Å². The predicted molar refractivity (Wildman–Crippen MR) is 109 cm³/mol. The summed E-state index contributed by atoms with van der Waals surface area (Å²) >= 11 is 5.95. The summed E-state index contributed by atoms with van der Waals surface area (Å²) in [6.07, 6.45) is -0.771. The maximum atomic E-state index is 12.8. The van der Waals surface area contributed by atoms with E-state index in [0.29, 0.717) is 12.8 Å². The molecule has 1 amide bonds. The van der Waals surface area contributed by atoms with Gasteiger partial charge < -0.3 is 15.4 Å². The summed E-state index contributed by atoms with van der Waals surface area (Å²) in [5.41, 5.74) is -1.71. The highest BCUT2D eigenvalue weighted by Gasteiger charge is 2.34. The lowest BCUT2D eigenvalue weighted by Gasteiger charge is -2.31. The molecule has 0 bridgehead atoms. The SMILES string of the molecule is CC(C)[C@H](Nc1ccc(C(F)(F)F)cc1Cl)C(=O)OCC(=O)NC1(C#N)CCCCC1. The van der Waals surface area contributed by atoms with Crippen molar-refractivity contribution in [3.8, 4) is 6.07 Å². The van der Waals surface area contributed by atoms with Gasteiger partial charge in [-0.1, -0.05) is 44.7 Å². The first kappa shape index (κ1) is 24.8. The standard InChI is InChI=1S/C21H25ClF3N3O3/c1-13(2)18(27-16-7-6-14(10-15(16)22)21(23,24)25)19(30)31-11-17(29)28-20(12-26)8-4-3-5-9-20/h6-7,10,13,18,27H,3-5,8-9,11H2,1-2H3,(H,28,29)/t18-/m0/s1. The number of ether oxygens (including phenoxy) is 1. The first-order valence-electron chi connectivity index (χ1n) is 9.99. The second kappa shape index (κ2) is 10.2. The first-order chi connectivity index (χ1) is 14.5. The Kier molecular flexibility index (Phi) is 8.18. The van der Waals surface area contributed by atoms with Crippen molar-refractivity contribution in [3.63, 3.8) is 0 Å². The monoisotopic (exact) mass is 459 g/mol. The Hall–Kier alpha value is -2.47. The lowest BCUT2D eigenvalue weighted by Crippen LogP contribution is -2.50. The van der Waals surface area contributed by atoms with Crippen molar-refractivity contribution in [2.75, 3.05) is 11.9 Å². The van der Waals surface area contributed by atoms with Crippen LogP contribution in [0.15, 0.2) is 18.2 Å². The molecular weight excluding hydrogens is 435 g/mol. The topological polar surface area (TPSA) is 91.2 Å². The minimum absolute atomic E-state index is 0.139. The molecule has 0 heterocycles. The van der Waals surface area contributed by atoms with Gasteiger partial charge in [-0.3, -0.25) is 4.79 Å². The number of amides is 1. The molecule has 2 N–H and O–H groups in total. The van der Waals surface area contributed by atoms with Crippen LogP contribution in [0.5, 0.6) is 0 Å². The number of nitrogens with one attached hydrogen (secondary N) is 2. The molecule has 6 nitrogen and oxygen atoms in total. The second-order valence-corrected chi connectivity index (χ2v) is 8.38. The van der Waals surface area contributed by atoms with Crippen LogP contribution in [0.3, 0.4) is 0 Å². The van der Waals surface area contributed by atoms with Crippen LogP contribution < -0.4 is 10.6 Å². The third-order valence-corrected chi connectivity index (χ3v) is 5.49. The highest BCUT2D eigenvalue weighted by molar-refractivity contribution is 6.33. The zero-order chi connectivity index (χ0) is 23.2. The number of hydrogen-bond acceptors (Lipinski definition) is 5. The molecule has 0 spiro atoms. The Morgan fingerprint density at radius 2 is 1.90 bits per heavy atom. The van der Waals surface area contributed by atoms with Crippen molar-refractivity contribution in [1.29, 1.82) is 5.26 Å². The Morgan fingerprint density at radius 1 is 1.26 bits per heavy atom. The molecule has 170 valence electrons. The van der Waals surface area contributed by atoms with E-state index in [0.717, 1.165) is 37.5 Å². The quantitative estimate of drug-likeness (QED) is 0.577. The summed E-state index contributed by atoms with van der Waals surface area (Å²) in [6.45, 7) is 2.86. The van der Waals surface area contributed by atoms with Crippen molar-refractivity contribution < 1.29 is 27.5 Å². The average Bonchev–Trinajstić information content (AvgIpc) is 2.70. The fraction of sp³-hybridized carbons (Fsp3) is 0.571. The van der Waals surface area contributed by atoms with E-state index < -0.39 is 41.8 Å². The van der Waals surface area contributed by atoms with Crippen molar-refractivity contribution in [2.45, 2.75) is 63.7 Å². The lowest BCUT2D eigenvalue weighted by molar-refractivity contribution is -0.150. The molecule has 1 atom stereocenters. The lowest BCUT2D eigenvalue weighted by atomic mass is 9.83. The van der Waals surface area contributed by atoms with Gasteiger partial charge in [-0.2, -0.15) is 18.4 Å². The summed E-state index contributed by atoms with van der Waals surface area (Å²) in [7, 11) is 0. The number of rotatable bonds is 7. The van der Waals surface area contributed by atoms with Crippen molar-refractivity contribution >= 4 is 29.2 Å². The van der Waals surface area contributed by atoms with E-state index in [1.165, 1.54) is 0 Å². The van der Waals surface area contributed by atoms with Crippen molar-refractivity contribution in [3.05, 3.63) is 28.8 Å². The fourth-order valence-corrected chi connectivity index (χ4v) is 3.66. The van der Waals surface area contributed by atoms with E-state index in [1.807, 2.05) is 0 Å². The van der Waals surface area contributed by atoms with Gasteiger partial charge in [0, 0.05) is 0 Å². The van der Waals surface area contributed by atoms with Gasteiger partial charge in [0.2, 0.25) is 0 Å². The first-order valence-corrected chi connectivity index (χ1v) is 10.4. The highest BCUT2D eigenvalue weighted by Crippen LogP contribution is 2.34.